The monoisotopic (exact) mass is 257 g/mol. The van der Waals surface area contributed by atoms with E-state index in [1.165, 1.54) is 24.1 Å². The summed E-state index contributed by atoms with van der Waals surface area (Å²) in [5, 5.41) is 7.98. The highest BCUT2D eigenvalue weighted by atomic mass is 16.5. The topological polar surface area (TPSA) is 39.1 Å². The predicted octanol–water partition coefficient (Wildman–Crippen LogP) is 2.92. The Hall–Kier alpha value is -1.97. The Morgan fingerprint density at radius 1 is 1.32 bits per heavy atom. The van der Waals surface area contributed by atoms with Crippen molar-refractivity contribution in [3.63, 3.8) is 0 Å². The summed E-state index contributed by atoms with van der Waals surface area (Å²) in [7, 11) is 3.67. The number of aryl methyl sites for hydroxylation is 1. The lowest BCUT2D eigenvalue weighted by Gasteiger charge is -2.07. The summed E-state index contributed by atoms with van der Waals surface area (Å²) in [4.78, 5) is 0. The third-order valence-corrected chi connectivity index (χ3v) is 3.53. The average Bonchev–Trinajstić information content (AvgIpc) is 3.22. The van der Waals surface area contributed by atoms with Crippen LogP contribution in [0.4, 0.5) is 5.82 Å². The molecule has 4 nitrogen and oxygen atoms in total. The molecule has 1 fully saturated rings. The highest BCUT2D eigenvalue weighted by Crippen LogP contribution is 2.39. The number of hydrogen-bond donors (Lipinski definition) is 1. The van der Waals surface area contributed by atoms with Crippen molar-refractivity contribution in [1.82, 2.24) is 9.78 Å². The van der Waals surface area contributed by atoms with Gasteiger partial charge in [-0.3, -0.25) is 4.68 Å². The summed E-state index contributed by atoms with van der Waals surface area (Å²) >= 11 is 0. The summed E-state index contributed by atoms with van der Waals surface area (Å²) in [5.74, 6) is 2.67. The smallest absolute Gasteiger partial charge is 0.124 e. The van der Waals surface area contributed by atoms with E-state index in [4.69, 9.17) is 4.74 Å². The van der Waals surface area contributed by atoms with Crippen molar-refractivity contribution < 1.29 is 4.74 Å². The van der Waals surface area contributed by atoms with Gasteiger partial charge in [0.25, 0.3) is 0 Å². The van der Waals surface area contributed by atoms with Gasteiger partial charge in [-0.15, -0.1) is 0 Å². The summed E-state index contributed by atoms with van der Waals surface area (Å²) in [6, 6.07) is 10.3. The lowest BCUT2D eigenvalue weighted by Crippen LogP contribution is -2.04. The second-order valence-corrected chi connectivity index (χ2v) is 5.05. The first-order valence-corrected chi connectivity index (χ1v) is 6.67. The Bertz CT molecular complexity index is 555. The molecule has 2 aromatic rings. The van der Waals surface area contributed by atoms with Crippen LogP contribution in [0.1, 0.15) is 30.0 Å². The van der Waals surface area contributed by atoms with Crippen LogP contribution in [0.25, 0.3) is 0 Å². The molecular formula is C15H19N3O. The Morgan fingerprint density at radius 3 is 2.68 bits per heavy atom. The molecule has 1 aliphatic rings. The predicted molar refractivity (Wildman–Crippen MR) is 75.5 cm³/mol. The zero-order valence-electron chi connectivity index (χ0n) is 11.4. The Kier molecular flexibility index (Phi) is 3.15. The van der Waals surface area contributed by atoms with Crippen molar-refractivity contribution in [3.05, 3.63) is 41.6 Å². The standard InChI is InChI=1S/C15H19N3O/c1-18-15(9-14(17-18)12-5-6-12)16-10-11-3-7-13(19-2)8-4-11/h3-4,7-9,12,16H,5-6,10H2,1-2H3. The molecule has 1 aromatic carbocycles. The number of methoxy groups -OCH3 is 1. The Balaban J connectivity index is 1.64. The van der Waals surface area contributed by atoms with Gasteiger partial charge in [-0.2, -0.15) is 5.10 Å². The highest BCUT2D eigenvalue weighted by molar-refractivity contribution is 5.40. The normalized spacial score (nSPS) is 14.4. The second kappa shape index (κ2) is 4.96. The number of benzene rings is 1. The summed E-state index contributed by atoms with van der Waals surface area (Å²) in [6.45, 7) is 0.799. The van der Waals surface area contributed by atoms with Gasteiger partial charge in [-0.25, -0.2) is 0 Å². The van der Waals surface area contributed by atoms with Crippen molar-refractivity contribution in [2.75, 3.05) is 12.4 Å². The SMILES string of the molecule is COc1ccc(CNc2cc(C3CC3)nn2C)cc1. The van der Waals surface area contributed by atoms with Gasteiger partial charge in [0.1, 0.15) is 11.6 Å². The molecule has 19 heavy (non-hydrogen) atoms. The minimum Gasteiger partial charge on any atom is -0.497 e. The van der Waals surface area contributed by atoms with Gasteiger partial charge in [0.2, 0.25) is 0 Å². The third-order valence-electron chi connectivity index (χ3n) is 3.53. The highest BCUT2D eigenvalue weighted by Gasteiger charge is 2.26. The number of nitrogens with zero attached hydrogens (tertiary/aromatic N) is 2. The molecule has 0 saturated heterocycles. The van der Waals surface area contributed by atoms with Crippen LogP contribution in [0, 0.1) is 0 Å². The van der Waals surface area contributed by atoms with Crippen molar-refractivity contribution in [3.8, 4) is 5.75 Å². The summed E-state index contributed by atoms with van der Waals surface area (Å²) in [5.41, 5.74) is 2.45. The molecule has 0 spiro atoms. The number of anilines is 1. The van der Waals surface area contributed by atoms with Gasteiger partial charge in [-0.05, 0) is 30.5 Å². The fourth-order valence-electron chi connectivity index (χ4n) is 2.17. The average molecular weight is 257 g/mol. The van der Waals surface area contributed by atoms with Crippen LogP contribution in [-0.4, -0.2) is 16.9 Å². The summed E-state index contributed by atoms with van der Waals surface area (Å²) < 4.78 is 7.08. The van der Waals surface area contributed by atoms with Crippen LogP contribution in [0.15, 0.2) is 30.3 Å². The third kappa shape index (κ3) is 2.72. The minimum absolute atomic E-state index is 0.697. The number of ether oxygens (including phenoxy) is 1. The van der Waals surface area contributed by atoms with Crippen LogP contribution in [0.3, 0.4) is 0 Å². The van der Waals surface area contributed by atoms with E-state index in [0.717, 1.165) is 18.1 Å². The molecule has 100 valence electrons. The molecule has 0 bridgehead atoms. The first-order valence-electron chi connectivity index (χ1n) is 6.67. The van der Waals surface area contributed by atoms with Gasteiger partial charge in [-0.1, -0.05) is 12.1 Å². The molecule has 0 radical (unpaired) electrons. The maximum Gasteiger partial charge on any atom is 0.124 e. The molecule has 3 rings (SSSR count). The first kappa shape index (κ1) is 12.1. The fourth-order valence-corrected chi connectivity index (χ4v) is 2.17. The van der Waals surface area contributed by atoms with E-state index < -0.39 is 0 Å². The molecule has 1 aromatic heterocycles. The van der Waals surface area contributed by atoms with E-state index in [1.807, 2.05) is 23.9 Å². The van der Waals surface area contributed by atoms with Gasteiger partial charge >= 0.3 is 0 Å². The van der Waals surface area contributed by atoms with Crippen LogP contribution in [-0.2, 0) is 13.6 Å². The van der Waals surface area contributed by atoms with Crippen LogP contribution >= 0.6 is 0 Å². The lowest BCUT2D eigenvalue weighted by atomic mass is 10.2. The van der Waals surface area contributed by atoms with E-state index in [9.17, 15) is 0 Å². The Morgan fingerprint density at radius 2 is 2.05 bits per heavy atom. The van der Waals surface area contributed by atoms with Gasteiger partial charge in [0, 0.05) is 25.6 Å². The Labute approximate surface area is 113 Å². The maximum atomic E-state index is 5.15. The van der Waals surface area contributed by atoms with E-state index >= 15 is 0 Å². The molecule has 1 N–H and O–H groups in total. The molecule has 0 unspecified atom stereocenters. The van der Waals surface area contributed by atoms with Crippen molar-refractivity contribution >= 4 is 5.82 Å². The van der Waals surface area contributed by atoms with Gasteiger partial charge in [0.15, 0.2) is 0 Å². The van der Waals surface area contributed by atoms with Crippen LogP contribution < -0.4 is 10.1 Å². The summed E-state index contributed by atoms with van der Waals surface area (Å²) in [6.07, 6.45) is 2.57. The number of aromatic nitrogens is 2. The van der Waals surface area contributed by atoms with E-state index in [-0.39, 0.29) is 0 Å². The number of hydrogen-bond acceptors (Lipinski definition) is 3. The zero-order valence-corrected chi connectivity index (χ0v) is 11.4. The van der Waals surface area contributed by atoms with Crippen molar-refractivity contribution in [1.29, 1.82) is 0 Å². The number of rotatable bonds is 5. The molecule has 4 heteroatoms. The van der Waals surface area contributed by atoms with E-state index in [2.05, 4.69) is 28.6 Å². The van der Waals surface area contributed by atoms with E-state index in [1.54, 1.807) is 7.11 Å². The molecule has 0 atom stereocenters. The van der Waals surface area contributed by atoms with Gasteiger partial charge in [0.05, 0.1) is 12.8 Å². The fraction of sp³-hybridized carbons (Fsp3) is 0.400. The van der Waals surface area contributed by atoms with Crippen LogP contribution in [0.5, 0.6) is 5.75 Å². The zero-order chi connectivity index (χ0) is 13.2. The minimum atomic E-state index is 0.697. The van der Waals surface area contributed by atoms with E-state index in [0.29, 0.717) is 5.92 Å². The molecule has 1 aliphatic carbocycles. The quantitative estimate of drug-likeness (QED) is 0.895. The van der Waals surface area contributed by atoms with Crippen molar-refractivity contribution in [2.45, 2.75) is 25.3 Å². The van der Waals surface area contributed by atoms with Gasteiger partial charge < -0.3 is 10.1 Å². The molecular weight excluding hydrogens is 238 g/mol. The molecule has 1 heterocycles. The molecule has 0 aliphatic heterocycles. The number of nitrogens with one attached hydrogen (secondary N) is 1. The van der Waals surface area contributed by atoms with Crippen molar-refractivity contribution in [2.24, 2.45) is 7.05 Å². The lowest BCUT2D eigenvalue weighted by molar-refractivity contribution is 0.414. The largest absolute Gasteiger partial charge is 0.497 e. The molecule has 1 saturated carbocycles. The first-order chi connectivity index (χ1) is 9.26. The molecule has 0 amide bonds. The van der Waals surface area contributed by atoms with Crippen LogP contribution in [0.2, 0.25) is 0 Å². The second-order valence-electron chi connectivity index (χ2n) is 5.05. The maximum absolute atomic E-state index is 5.15.